The fraction of sp³-hybridized carbons (Fsp3) is 0.391. The van der Waals surface area contributed by atoms with Crippen LogP contribution in [0.3, 0.4) is 0 Å². The summed E-state index contributed by atoms with van der Waals surface area (Å²) < 4.78 is 14.0. The summed E-state index contributed by atoms with van der Waals surface area (Å²) in [4.78, 5) is 29.1. The molecule has 3 atom stereocenters. The monoisotopic (exact) mass is 395 g/mol. The molecule has 2 fully saturated rings. The lowest BCUT2D eigenvalue weighted by atomic mass is 10.1. The van der Waals surface area contributed by atoms with E-state index in [9.17, 15) is 14.0 Å². The fourth-order valence-electron chi connectivity index (χ4n) is 4.01. The average molecular weight is 395 g/mol. The molecule has 2 aliphatic rings. The molecular formula is C23H26FN3O2. The Labute approximate surface area is 170 Å². The smallest absolute Gasteiger partial charge is 0.226 e. The Morgan fingerprint density at radius 2 is 1.62 bits per heavy atom. The summed E-state index contributed by atoms with van der Waals surface area (Å²) >= 11 is 0. The molecule has 3 unspecified atom stereocenters. The van der Waals surface area contributed by atoms with Crippen molar-refractivity contribution in [1.82, 2.24) is 10.2 Å². The van der Waals surface area contributed by atoms with E-state index in [1.807, 2.05) is 53.1 Å². The molecule has 2 aromatic rings. The Kier molecular flexibility index (Phi) is 5.51. The number of halogens is 1. The van der Waals surface area contributed by atoms with E-state index in [4.69, 9.17) is 0 Å². The van der Waals surface area contributed by atoms with Crippen LogP contribution in [-0.4, -0.2) is 42.9 Å². The van der Waals surface area contributed by atoms with Crippen molar-refractivity contribution in [3.05, 3.63) is 66.0 Å². The molecule has 1 N–H and O–H groups in total. The van der Waals surface area contributed by atoms with Crippen molar-refractivity contribution in [2.45, 2.75) is 19.4 Å². The van der Waals surface area contributed by atoms with E-state index in [0.29, 0.717) is 38.3 Å². The molecule has 4 rings (SSSR count). The first kappa shape index (κ1) is 19.4. The zero-order chi connectivity index (χ0) is 20.4. The molecule has 152 valence electrons. The molecule has 5 nitrogen and oxygen atoms in total. The van der Waals surface area contributed by atoms with Crippen LogP contribution in [0.2, 0.25) is 0 Å². The van der Waals surface area contributed by atoms with E-state index in [1.165, 1.54) is 6.07 Å². The lowest BCUT2D eigenvalue weighted by molar-refractivity contribution is -0.135. The topological polar surface area (TPSA) is 52.7 Å². The van der Waals surface area contributed by atoms with E-state index in [-0.39, 0.29) is 35.5 Å². The van der Waals surface area contributed by atoms with Gasteiger partial charge in [-0.2, -0.15) is 0 Å². The quantitative estimate of drug-likeness (QED) is 0.847. The van der Waals surface area contributed by atoms with Crippen LogP contribution in [0.1, 0.15) is 24.9 Å². The number of amides is 2. The van der Waals surface area contributed by atoms with Crippen LogP contribution in [0.15, 0.2) is 54.6 Å². The van der Waals surface area contributed by atoms with Crippen LogP contribution in [0.5, 0.6) is 0 Å². The van der Waals surface area contributed by atoms with Gasteiger partial charge in [-0.25, -0.2) is 4.39 Å². The number of carbonyl (C=O) groups excluding carboxylic acids is 2. The van der Waals surface area contributed by atoms with Gasteiger partial charge in [-0.05, 0) is 31.0 Å². The lowest BCUT2D eigenvalue weighted by Crippen LogP contribution is -2.49. The number of para-hydroxylation sites is 1. The molecular weight excluding hydrogens is 369 g/mol. The highest BCUT2D eigenvalue weighted by Gasteiger charge is 2.49. The minimum absolute atomic E-state index is 0.0469. The van der Waals surface area contributed by atoms with Gasteiger partial charge < -0.3 is 15.1 Å². The summed E-state index contributed by atoms with van der Waals surface area (Å²) in [6.07, 6.45) is 0.611. The van der Waals surface area contributed by atoms with Crippen LogP contribution in [0.25, 0.3) is 0 Å². The van der Waals surface area contributed by atoms with Gasteiger partial charge in [0.1, 0.15) is 5.82 Å². The summed E-state index contributed by atoms with van der Waals surface area (Å²) in [6, 6.07) is 16.4. The molecule has 1 heterocycles. The average Bonchev–Trinajstić information content (AvgIpc) is 3.55. The minimum atomic E-state index is -0.238. The number of nitrogens with zero attached hydrogens (tertiary/aromatic N) is 2. The molecule has 6 heteroatoms. The van der Waals surface area contributed by atoms with Gasteiger partial charge in [0.15, 0.2) is 0 Å². The zero-order valence-corrected chi connectivity index (χ0v) is 16.6. The summed E-state index contributed by atoms with van der Waals surface area (Å²) in [7, 11) is 0. The van der Waals surface area contributed by atoms with Gasteiger partial charge in [0, 0.05) is 26.2 Å². The van der Waals surface area contributed by atoms with Crippen molar-refractivity contribution in [3.8, 4) is 0 Å². The summed E-state index contributed by atoms with van der Waals surface area (Å²) in [5, 5.41) is 3.02. The van der Waals surface area contributed by atoms with Crippen molar-refractivity contribution in [1.29, 1.82) is 0 Å². The second kappa shape index (κ2) is 8.23. The highest BCUT2D eigenvalue weighted by Crippen LogP contribution is 2.41. The third-order valence-corrected chi connectivity index (χ3v) is 5.89. The number of rotatable bonds is 5. The van der Waals surface area contributed by atoms with Gasteiger partial charge in [0.2, 0.25) is 11.8 Å². The SMILES string of the molecule is CC(NC(=O)C1CC1C(=O)N1CCN(c2ccccc2F)CC1)c1ccccc1. The van der Waals surface area contributed by atoms with Crippen molar-refractivity contribution >= 4 is 17.5 Å². The van der Waals surface area contributed by atoms with Crippen LogP contribution in [0.4, 0.5) is 10.1 Å². The highest BCUT2D eigenvalue weighted by atomic mass is 19.1. The Morgan fingerprint density at radius 1 is 0.966 bits per heavy atom. The number of benzene rings is 2. The maximum absolute atomic E-state index is 14.0. The second-order valence-electron chi connectivity index (χ2n) is 7.85. The van der Waals surface area contributed by atoms with Gasteiger partial charge in [-0.1, -0.05) is 42.5 Å². The van der Waals surface area contributed by atoms with E-state index in [2.05, 4.69) is 5.32 Å². The van der Waals surface area contributed by atoms with Gasteiger partial charge in [0.25, 0.3) is 0 Å². The van der Waals surface area contributed by atoms with Gasteiger partial charge in [0.05, 0.1) is 23.6 Å². The molecule has 1 saturated heterocycles. The molecule has 0 spiro atoms. The molecule has 1 aliphatic heterocycles. The van der Waals surface area contributed by atoms with E-state index in [1.54, 1.807) is 12.1 Å². The fourth-order valence-corrected chi connectivity index (χ4v) is 4.01. The molecule has 29 heavy (non-hydrogen) atoms. The lowest BCUT2D eigenvalue weighted by Gasteiger charge is -2.36. The van der Waals surface area contributed by atoms with E-state index in [0.717, 1.165) is 5.56 Å². The van der Waals surface area contributed by atoms with Crippen molar-refractivity contribution in [3.63, 3.8) is 0 Å². The van der Waals surface area contributed by atoms with E-state index >= 15 is 0 Å². The number of anilines is 1. The van der Waals surface area contributed by atoms with Crippen molar-refractivity contribution in [2.75, 3.05) is 31.1 Å². The van der Waals surface area contributed by atoms with Gasteiger partial charge >= 0.3 is 0 Å². The predicted octanol–water partition coefficient (Wildman–Crippen LogP) is 2.99. The van der Waals surface area contributed by atoms with Crippen LogP contribution in [0, 0.1) is 17.7 Å². The molecule has 1 aliphatic carbocycles. The Morgan fingerprint density at radius 3 is 2.31 bits per heavy atom. The summed E-state index contributed by atoms with van der Waals surface area (Å²) in [6.45, 7) is 4.26. The van der Waals surface area contributed by atoms with Crippen LogP contribution < -0.4 is 10.2 Å². The normalized spacial score (nSPS) is 22.1. The first-order chi connectivity index (χ1) is 14.0. The van der Waals surface area contributed by atoms with Crippen molar-refractivity contribution in [2.24, 2.45) is 11.8 Å². The standard InChI is InChI=1S/C23H26FN3O2/c1-16(17-7-3-2-4-8-17)25-22(28)18-15-19(18)23(29)27-13-11-26(12-14-27)21-10-6-5-9-20(21)24/h2-10,16,18-19H,11-15H2,1H3,(H,25,28). The summed E-state index contributed by atoms with van der Waals surface area (Å²) in [5.74, 6) is -0.703. The molecule has 1 saturated carbocycles. The Hall–Kier alpha value is -2.89. The minimum Gasteiger partial charge on any atom is -0.366 e. The molecule has 0 bridgehead atoms. The number of carbonyl (C=O) groups is 2. The van der Waals surface area contributed by atoms with Gasteiger partial charge in [-0.15, -0.1) is 0 Å². The van der Waals surface area contributed by atoms with Crippen molar-refractivity contribution < 1.29 is 14.0 Å². The third-order valence-electron chi connectivity index (χ3n) is 5.89. The zero-order valence-electron chi connectivity index (χ0n) is 16.6. The molecule has 0 aromatic heterocycles. The van der Waals surface area contributed by atoms with Crippen LogP contribution in [-0.2, 0) is 9.59 Å². The largest absolute Gasteiger partial charge is 0.366 e. The summed E-state index contributed by atoms with van der Waals surface area (Å²) in [5.41, 5.74) is 1.63. The molecule has 2 aromatic carbocycles. The maximum Gasteiger partial charge on any atom is 0.226 e. The first-order valence-corrected chi connectivity index (χ1v) is 10.2. The number of piperazine rings is 1. The predicted molar refractivity (Wildman–Crippen MR) is 110 cm³/mol. The second-order valence-corrected chi connectivity index (χ2v) is 7.85. The van der Waals surface area contributed by atoms with Gasteiger partial charge in [-0.3, -0.25) is 9.59 Å². The molecule has 2 amide bonds. The third kappa shape index (κ3) is 4.26. The Bertz CT molecular complexity index is 881. The van der Waals surface area contributed by atoms with E-state index < -0.39 is 0 Å². The maximum atomic E-state index is 14.0. The number of hydrogen-bond donors (Lipinski definition) is 1. The first-order valence-electron chi connectivity index (χ1n) is 10.2. The number of nitrogens with one attached hydrogen (secondary N) is 1. The molecule has 0 radical (unpaired) electrons. The number of hydrogen-bond acceptors (Lipinski definition) is 3. The highest BCUT2D eigenvalue weighted by molar-refractivity contribution is 5.92. The van der Waals surface area contributed by atoms with Crippen LogP contribution >= 0.6 is 0 Å². The Balaban J connectivity index is 1.27.